The molecule has 0 unspecified atom stereocenters. The van der Waals surface area contributed by atoms with Gasteiger partial charge in [0.1, 0.15) is 11.4 Å². The lowest BCUT2D eigenvalue weighted by atomic mass is 10.1. The van der Waals surface area contributed by atoms with Gasteiger partial charge in [-0.3, -0.25) is 9.78 Å². The average Bonchev–Trinajstić information content (AvgIpc) is 3.21. The number of H-pyrrole nitrogens is 1. The summed E-state index contributed by atoms with van der Waals surface area (Å²) in [5.41, 5.74) is 1.33. The second kappa shape index (κ2) is 7.57. The fourth-order valence-corrected chi connectivity index (χ4v) is 3.35. The molecule has 1 fully saturated rings. The number of aromatic nitrogens is 3. The van der Waals surface area contributed by atoms with Gasteiger partial charge in [0, 0.05) is 49.8 Å². The lowest BCUT2D eigenvalue weighted by molar-refractivity contribution is -0.144. The Labute approximate surface area is 165 Å². The number of anilines is 1. The van der Waals surface area contributed by atoms with Crippen LogP contribution in [0.5, 0.6) is 0 Å². The number of benzene rings is 1. The van der Waals surface area contributed by atoms with E-state index in [1.54, 1.807) is 47.6 Å². The molecule has 9 heteroatoms. The van der Waals surface area contributed by atoms with Gasteiger partial charge in [-0.15, -0.1) is 0 Å². The van der Waals surface area contributed by atoms with Crippen molar-refractivity contribution in [3.63, 3.8) is 0 Å². The van der Waals surface area contributed by atoms with Crippen LogP contribution in [0.4, 0.5) is 18.9 Å². The standard InChI is InChI=1S/C20H18F3N5O/c21-20(22,23)19-25-16(14-4-2-1-3-5-14)17(26-19)18(29)28-12-10-27(11-13-28)15-6-8-24-9-7-15/h1-9H,10-13H2,(H,25,26). The van der Waals surface area contributed by atoms with Crippen molar-refractivity contribution >= 4 is 11.6 Å². The number of amides is 1. The first-order chi connectivity index (χ1) is 13.9. The minimum atomic E-state index is -4.66. The van der Waals surface area contributed by atoms with E-state index in [0.717, 1.165) is 5.69 Å². The number of nitrogens with zero attached hydrogens (tertiary/aromatic N) is 4. The van der Waals surface area contributed by atoms with Crippen LogP contribution < -0.4 is 4.90 Å². The summed E-state index contributed by atoms with van der Waals surface area (Å²) in [5, 5.41) is 0. The van der Waals surface area contributed by atoms with Gasteiger partial charge in [0.25, 0.3) is 5.91 Å². The molecule has 1 saturated heterocycles. The second-order valence-corrected chi connectivity index (χ2v) is 6.66. The summed E-state index contributed by atoms with van der Waals surface area (Å²) < 4.78 is 39.6. The van der Waals surface area contributed by atoms with Crippen molar-refractivity contribution < 1.29 is 18.0 Å². The molecule has 0 atom stereocenters. The van der Waals surface area contributed by atoms with Gasteiger partial charge in [-0.2, -0.15) is 13.2 Å². The Morgan fingerprint density at radius 1 is 0.966 bits per heavy atom. The minimum absolute atomic E-state index is 0.0134. The first kappa shape index (κ1) is 19.0. The molecule has 1 aromatic carbocycles. The molecule has 0 bridgehead atoms. The van der Waals surface area contributed by atoms with Crippen molar-refractivity contribution in [2.24, 2.45) is 0 Å². The third-order valence-electron chi connectivity index (χ3n) is 4.83. The number of rotatable bonds is 3. The van der Waals surface area contributed by atoms with Gasteiger partial charge in [0.15, 0.2) is 0 Å². The molecule has 0 saturated carbocycles. The maximum Gasteiger partial charge on any atom is 0.449 e. The lowest BCUT2D eigenvalue weighted by Gasteiger charge is -2.36. The van der Waals surface area contributed by atoms with Gasteiger partial charge >= 0.3 is 6.18 Å². The van der Waals surface area contributed by atoms with Crippen LogP contribution in [0, 0.1) is 0 Å². The number of carbonyl (C=O) groups excluding carboxylic acids is 1. The summed E-state index contributed by atoms with van der Waals surface area (Å²) in [5.74, 6) is -1.66. The van der Waals surface area contributed by atoms with Crippen molar-refractivity contribution in [2.45, 2.75) is 6.18 Å². The highest BCUT2D eigenvalue weighted by Crippen LogP contribution is 2.31. The van der Waals surface area contributed by atoms with Gasteiger partial charge in [0.05, 0.1) is 0 Å². The molecule has 29 heavy (non-hydrogen) atoms. The average molecular weight is 401 g/mol. The quantitative estimate of drug-likeness (QED) is 0.730. The normalized spacial score (nSPS) is 14.9. The van der Waals surface area contributed by atoms with Crippen molar-refractivity contribution in [2.75, 3.05) is 31.1 Å². The Hall–Kier alpha value is -3.36. The number of carbonyl (C=O) groups is 1. The van der Waals surface area contributed by atoms with Crippen molar-refractivity contribution in [3.05, 3.63) is 66.4 Å². The molecule has 0 spiro atoms. The summed E-state index contributed by atoms with van der Waals surface area (Å²) in [6, 6.07) is 12.2. The van der Waals surface area contributed by atoms with Gasteiger partial charge in [0.2, 0.25) is 5.82 Å². The highest BCUT2D eigenvalue weighted by Gasteiger charge is 2.38. The highest BCUT2D eigenvalue weighted by atomic mass is 19.4. The molecule has 2 aromatic heterocycles. The monoisotopic (exact) mass is 401 g/mol. The van der Waals surface area contributed by atoms with Crippen LogP contribution in [0.2, 0.25) is 0 Å². The topological polar surface area (TPSA) is 65.1 Å². The zero-order valence-corrected chi connectivity index (χ0v) is 15.4. The molecule has 0 radical (unpaired) electrons. The molecule has 1 N–H and O–H groups in total. The molecule has 150 valence electrons. The largest absolute Gasteiger partial charge is 0.449 e. The Bertz CT molecular complexity index is 980. The first-order valence-corrected chi connectivity index (χ1v) is 9.10. The van der Waals surface area contributed by atoms with Crippen LogP contribution in [-0.4, -0.2) is 51.9 Å². The number of imidazole rings is 1. The van der Waals surface area contributed by atoms with Crippen molar-refractivity contribution in [1.29, 1.82) is 0 Å². The van der Waals surface area contributed by atoms with E-state index in [1.165, 1.54) is 0 Å². The Balaban J connectivity index is 1.58. The number of hydrogen-bond donors (Lipinski definition) is 1. The van der Waals surface area contributed by atoms with E-state index in [9.17, 15) is 18.0 Å². The number of alkyl halides is 3. The van der Waals surface area contributed by atoms with E-state index in [4.69, 9.17) is 0 Å². The summed E-state index contributed by atoms with van der Waals surface area (Å²) in [6.45, 7) is 1.96. The number of halogens is 3. The number of hydrogen-bond acceptors (Lipinski definition) is 4. The van der Waals surface area contributed by atoms with Gasteiger partial charge < -0.3 is 14.8 Å². The van der Waals surface area contributed by atoms with Crippen LogP contribution in [0.25, 0.3) is 11.3 Å². The molecular weight excluding hydrogens is 383 g/mol. The third-order valence-corrected chi connectivity index (χ3v) is 4.83. The second-order valence-electron chi connectivity index (χ2n) is 6.66. The molecule has 1 aliphatic heterocycles. The van der Waals surface area contributed by atoms with E-state index < -0.39 is 17.9 Å². The predicted octanol–water partition coefficient (Wildman–Crippen LogP) is 3.45. The number of pyridine rings is 1. The molecule has 1 aliphatic rings. The molecule has 0 aliphatic carbocycles. The Kier molecular flexibility index (Phi) is 4.96. The Morgan fingerprint density at radius 3 is 2.24 bits per heavy atom. The maximum atomic E-state index is 13.2. The number of nitrogens with one attached hydrogen (secondary N) is 1. The van der Waals surface area contributed by atoms with Crippen LogP contribution in [0.1, 0.15) is 16.3 Å². The van der Waals surface area contributed by atoms with E-state index >= 15 is 0 Å². The third kappa shape index (κ3) is 3.94. The highest BCUT2D eigenvalue weighted by molar-refractivity contribution is 5.98. The zero-order valence-electron chi connectivity index (χ0n) is 15.4. The summed E-state index contributed by atoms with van der Waals surface area (Å²) >= 11 is 0. The van der Waals surface area contributed by atoms with Crippen molar-refractivity contribution in [1.82, 2.24) is 19.9 Å². The van der Waals surface area contributed by atoms with Crippen LogP contribution >= 0.6 is 0 Å². The molecule has 4 rings (SSSR count). The summed E-state index contributed by atoms with van der Waals surface area (Å²) in [4.78, 5) is 26.6. The fourth-order valence-electron chi connectivity index (χ4n) is 3.35. The van der Waals surface area contributed by atoms with Crippen LogP contribution in [0.15, 0.2) is 54.9 Å². The predicted molar refractivity (Wildman–Crippen MR) is 101 cm³/mol. The van der Waals surface area contributed by atoms with Gasteiger partial charge in [-0.05, 0) is 12.1 Å². The first-order valence-electron chi connectivity index (χ1n) is 9.10. The SMILES string of the molecule is O=C(c1[nH]c(C(F)(F)F)nc1-c1ccccc1)N1CCN(c2ccncc2)CC1. The fraction of sp³-hybridized carbons (Fsp3) is 0.250. The summed E-state index contributed by atoms with van der Waals surface area (Å²) in [7, 11) is 0. The molecule has 6 nitrogen and oxygen atoms in total. The van der Waals surface area contributed by atoms with Crippen LogP contribution in [0.3, 0.4) is 0 Å². The minimum Gasteiger partial charge on any atom is -0.368 e. The van der Waals surface area contributed by atoms with E-state index in [1.807, 2.05) is 12.1 Å². The van der Waals surface area contributed by atoms with E-state index in [-0.39, 0.29) is 11.4 Å². The molecule has 3 heterocycles. The lowest BCUT2D eigenvalue weighted by Crippen LogP contribution is -2.49. The zero-order chi connectivity index (χ0) is 20.4. The van der Waals surface area contributed by atoms with Gasteiger partial charge in [-0.25, -0.2) is 4.98 Å². The maximum absolute atomic E-state index is 13.2. The number of piperazine rings is 1. The summed E-state index contributed by atoms with van der Waals surface area (Å²) in [6.07, 6.45) is -1.27. The van der Waals surface area contributed by atoms with E-state index in [0.29, 0.717) is 31.7 Å². The van der Waals surface area contributed by atoms with E-state index in [2.05, 4.69) is 19.9 Å². The van der Waals surface area contributed by atoms with Crippen molar-refractivity contribution in [3.8, 4) is 11.3 Å². The molecule has 1 amide bonds. The van der Waals surface area contributed by atoms with Crippen LogP contribution in [-0.2, 0) is 6.18 Å². The smallest absolute Gasteiger partial charge is 0.368 e. The Morgan fingerprint density at radius 2 is 1.62 bits per heavy atom. The molecule has 3 aromatic rings. The molecular formula is C20H18F3N5O. The number of aromatic amines is 1. The van der Waals surface area contributed by atoms with Gasteiger partial charge in [-0.1, -0.05) is 30.3 Å².